The van der Waals surface area contributed by atoms with Crippen molar-refractivity contribution in [1.29, 1.82) is 0 Å². The monoisotopic (exact) mass is 227 g/mol. The molecule has 90 valence electrons. The maximum Gasteiger partial charge on any atom is 0.225 e. The van der Waals surface area contributed by atoms with E-state index in [9.17, 15) is 0 Å². The van der Waals surface area contributed by atoms with Crippen LogP contribution in [0.15, 0.2) is 12.3 Å². The Morgan fingerprint density at radius 1 is 1.44 bits per heavy atom. The van der Waals surface area contributed by atoms with Crippen LogP contribution in [0.2, 0.25) is 0 Å². The number of aliphatic hydroxyl groups excluding tert-OH is 1. The molecule has 1 aromatic heterocycles. The first-order valence-electron chi connectivity index (χ1n) is 5.16. The second kappa shape index (κ2) is 7.84. The fraction of sp³-hybridized carbons (Fsp3) is 0.600. The van der Waals surface area contributed by atoms with E-state index in [4.69, 9.17) is 14.6 Å². The summed E-state index contributed by atoms with van der Waals surface area (Å²) >= 11 is 0. The maximum absolute atomic E-state index is 8.48. The molecule has 0 atom stereocenters. The van der Waals surface area contributed by atoms with E-state index >= 15 is 0 Å². The van der Waals surface area contributed by atoms with Crippen molar-refractivity contribution >= 4 is 5.95 Å². The number of hydrogen-bond acceptors (Lipinski definition) is 6. The van der Waals surface area contributed by atoms with Gasteiger partial charge in [-0.2, -0.15) is 4.98 Å². The minimum Gasteiger partial charge on any atom is -0.481 e. The molecule has 1 rings (SSSR count). The SMILES string of the molecule is COc1ccnc(NCCCOCCO)n1. The Morgan fingerprint density at radius 3 is 3.06 bits per heavy atom. The van der Waals surface area contributed by atoms with Gasteiger partial charge in [0.05, 0.1) is 20.3 Å². The molecule has 0 spiro atoms. The van der Waals surface area contributed by atoms with Crippen molar-refractivity contribution in [3.05, 3.63) is 12.3 Å². The summed E-state index contributed by atoms with van der Waals surface area (Å²) in [5.41, 5.74) is 0. The lowest BCUT2D eigenvalue weighted by atomic mass is 10.4. The van der Waals surface area contributed by atoms with Gasteiger partial charge in [0.15, 0.2) is 0 Å². The molecule has 0 aromatic carbocycles. The van der Waals surface area contributed by atoms with Crippen LogP contribution in [0.3, 0.4) is 0 Å². The summed E-state index contributed by atoms with van der Waals surface area (Å²) in [6, 6.07) is 1.69. The van der Waals surface area contributed by atoms with Gasteiger partial charge in [0.1, 0.15) is 0 Å². The van der Waals surface area contributed by atoms with E-state index in [1.165, 1.54) is 0 Å². The molecule has 2 N–H and O–H groups in total. The zero-order valence-corrected chi connectivity index (χ0v) is 9.35. The van der Waals surface area contributed by atoms with Crippen molar-refractivity contribution in [3.8, 4) is 5.88 Å². The van der Waals surface area contributed by atoms with Gasteiger partial charge in [0.25, 0.3) is 0 Å². The van der Waals surface area contributed by atoms with Crippen molar-refractivity contribution in [1.82, 2.24) is 9.97 Å². The van der Waals surface area contributed by atoms with Crippen LogP contribution in [0.1, 0.15) is 6.42 Å². The van der Waals surface area contributed by atoms with Crippen LogP contribution in [-0.2, 0) is 4.74 Å². The molecule has 0 radical (unpaired) electrons. The van der Waals surface area contributed by atoms with Crippen LogP contribution in [0, 0.1) is 0 Å². The Labute approximate surface area is 94.6 Å². The molecule has 0 amide bonds. The molecule has 0 saturated heterocycles. The highest BCUT2D eigenvalue weighted by Gasteiger charge is 1.97. The molecule has 0 aliphatic carbocycles. The minimum atomic E-state index is 0.0619. The minimum absolute atomic E-state index is 0.0619. The zero-order valence-electron chi connectivity index (χ0n) is 9.35. The predicted octanol–water partition coefficient (Wildman–Crippen LogP) is 0.296. The third-order valence-electron chi connectivity index (χ3n) is 1.82. The lowest BCUT2D eigenvalue weighted by molar-refractivity contribution is 0.0921. The first-order chi connectivity index (χ1) is 7.86. The number of anilines is 1. The summed E-state index contributed by atoms with van der Waals surface area (Å²) in [6.45, 7) is 1.78. The van der Waals surface area contributed by atoms with Gasteiger partial charge in [-0.15, -0.1) is 0 Å². The Hall–Kier alpha value is -1.40. The van der Waals surface area contributed by atoms with Gasteiger partial charge in [-0.3, -0.25) is 0 Å². The zero-order chi connectivity index (χ0) is 11.6. The molecule has 0 bridgehead atoms. The number of hydrogen-bond donors (Lipinski definition) is 2. The van der Waals surface area contributed by atoms with Gasteiger partial charge in [0.2, 0.25) is 11.8 Å². The van der Waals surface area contributed by atoms with Gasteiger partial charge in [-0.05, 0) is 6.42 Å². The van der Waals surface area contributed by atoms with Crippen molar-refractivity contribution in [3.63, 3.8) is 0 Å². The van der Waals surface area contributed by atoms with Crippen molar-refractivity contribution in [2.45, 2.75) is 6.42 Å². The van der Waals surface area contributed by atoms with Gasteiger partial charge in [0, 0.05) is 25.4 Å². The summed E-state index contributed by atoms with van der Waals surface area (Å²) in [5.74, 6) is 1.08. The normalized spacial score (nSPS) is 10.1. The lowest BCUT2D eigenvalue weighted by Crippen LogP contribution is -2.09. The van der Waals surface area contributed by atoms with Crippen molar-refractivity contribution in [2.75, 3.05) is 38.8 Å². The lowest BCUT2D eigenvalue weighted by Gasteiger charge is -2.05. The molecule has 1 aromatic rings. The van der Waals surface area contributed by atoms with Gasteiger partial charge >= 0.3 is 0 Å². The highest BCUT2D eigenvalue weighted by atomic mass is 16.5. The molecule has 0 aliphatic heterocycles. The number of nitrogens with zero attached hydrogens (tertiary/aromatic N) is 2. The topological polar surface area (TPSA) is 76.5 Å². The van der Waals surface area contributed by atoms with E-state index in [-0.39, 0.29) is 6.61 Å². The van der Waals surface area contributed by atoms with E-state index in [0.29, 0.717) is 25.0 Å². The second-order valence-corrected chi connectivity index (χ2v) is 3.04. The number of methoxy groups -OCH3 is 1. The fourth-order valence-corrected chi connectivity index (χ4v) is 1.08. The van der Waals surface area contributed by atoms with Crippen LogP contribution in [-0.4, -0.2) is 48.5 Å². The third kappa shape index (κ3) is 4.90. The molecule has 1 heterocycles. The summed E-state index contributed by atoms with van der Waals surface area (Å²) in [4.78, 5) is 8.14. The fourth-order valence-electron chi connectivity index (χ4n) is 1.08. The number of ether oxygens (including phenoxy) is 2. The summed E-state index contributed by atoms with van der Waals surface area (Å²) in [7, 11) is 1.56. The average Bonchev–Trinajstić information content (AvgIpc) is 2.34. The Morgan fingerprint density at radius 2 is 2.31 bits per heavy atom. The molecular formula is C10H17N3O3. The Bertz CT molecular complexity index is 296. The Kier molecular flexibility index (Phi) is 6.20. The van der Waals surface area contributed by atoms with Crippen LogP contribution in [0.5, 0.6) is 5.88 Å². The maximum atomic E-state index is 8.48. The molecule has 0 saturated carbocycles. The summed E-state index contributed by atoms with van der Waals surface area (Å²) < 4.78 is 10.1. The van der Waals surface area contributed by atoms with E-state index in [2.05, 4.69) is 15.3 Å². The first-order valence-corrected chi connectivity index (χ1v) is 5.16. The Balaban J connectivity index is 2.16. The molecule has 6 heteroatoms. The van der Waals surface area contributed by atoms with E-state index in [1.54, 1.807) is 19.4 Å². The van der Waals surface area contributed by atoms with E-state index in [0.717, 1.165) is 13.0 Å². The van der Waals surface area contributed by atoms with Crippen LogP contribution >= 0.6 is 0 Å². The van der Waals surface area contributed by atoms with Gasteiger partial charge in [-0.25, -0.2) is 4.98 Å². The van der Waals surface area contributed by atoms with Gasteiger partial charge < -0.3 is 19.9 Å². The molecule has 0 fully saturated rings. The average molecular weight is 227 g/mol. The highest BCUT2D eigenvalue weighted by molar-refractivity contribution is 5.26. The van der Waals surface area contributed by atoms with Gasteiger partial charge in [-0.1, -0.05) is 0 Å². The molecule has 0 unspecified atom stereocenters. The molecule has 6 nitrogen and oxygen atoms in total. The summed E-state index contributed by atoms with van der Waals surface area (Å²) in [5, 5.41) is 11.5. The predicted molar refractivity (Wildman–Crippen MR) is 59.6 cm³/mol. The number of nitrogens with one attached hydrogen (secondary N) is 1. The highest BCUT2D eigenvalue weighted by Crippen LogP contribution is 2.06. The number of aliphatic hydroxyl groups is 1. The second-order valence-electron chi connectivity index (χ2n) is 3.04. The quantitative estimate of drug-likeness (QED) is 0.622. The number of aromatic nitrogens is 2. The van der Waals surface area contributed by atoms with Crippen molar-refractivity contribution in [2.24, 2.45) is 0 Å². The first kappa shape index (κ1) is 12.7. The third-order valence-corrected chi connectivity index (χ3v) is 1.82. The smallest absolute Gasteiger partial charge is 0.225 e. The molecular weight excluding hydrogens is 210 g/mol. The summed E-state index contributed by atoms with van der Waals surface area (Å²) in [6.07, 6.45) is 2.47. The largest absolute Gasteiger partial charge is 0.481 e. The standard InChI is InChI=1S/C10H17N3O3/c1-15-9-3-5-12-10(13-9)11-4-2-7-16-8-6-14/h3,5,14H,2,4,6-8H2,1H3,(H,11,12,13). The van der Waals surface area contributed by atoms with E-state index < -0.39 is 0 Å². The van der Waals surface area contributed by atoms with Crippen molar-refractivity contribution < 1.29 is 14.6 Å². The molecule has 16 heavy (non-hydrogen) atoms. The van der Waals surface area contributed by atoms with E-state index in [1.807, 2.05) is 0 Å². The van der Waals surface area contributed by atoms with Crippen LogP contribution in [0.25, 0.3) is 0 Å². The molecule has 0 aliphatic rings. The number of rotatable bonds is 8. The van der Waals surface area contributed by atoms with Crippen LogP contribution in [0.4, 0.5) is 5.95 Å². The van der Waals surface area contributed by atoms with Crippen LogP contribution < -0.4 is 10.1 Å².